The molecule has 2 heterocycles. The Hall–Kier alpha value is -8.17. The molecule has 0 bridgehead atoms. The number of nitrogens with one attached hydrogen (secondary N) is 2. The number of para-hydroxylation sites is 1. The monoisotopic (exact) mass is 1700 g/mol. The molecule has 2 atom stereocenters. The molecule has 0 spiro atoms. The first-order valence-corrected chi connectivity index (χ1v) is 41.6. The van der Waals surface area contributed by atoms with Crippen molar-refractivity contribution in [1.29, 1.82) is 0 Å². The number of hydrogen-bond acceptors (Lipinski definition) is 17. The molecular formula is C92H155F6N5O16. The molecule has 119 heavy (non-hydrogen) atoms. The van der Waals surface area contributed by atoms with Gasteiger partial charge in [-0.05, 0) is 165 Å². The number of benzene rings is 3. The Labute approximate surface area is 710 Å². The second-order valence-corrected chi connectivity index (χ2v) is 33.2. The van der Waals surface area contributed by atoms with E-state index in [4.69, 9.17) is 30.2 Å². The van der Waals surface area contributed by atoms with E-state index in [0.29, 0.717) is 111 Å². The largest absolute Gasteiger partial charge is 0.487 e. The van der Waals surface area contributed by atoms with Crippen LogP contribution in [0.2, 0.25) is 0 Å². The second kappa shape index (κ2) is 72.6. The van der Waals surface area contributed by atoms with Crippen LogP contribution in [0.25, 0.3) is 0 Å². The second-order valence-electron chi connectivity index (χ2n) is 33.2. The predicted molar refractivity (Wildman–Crippen MR) is 464 cm³/mol. The summed E-state index contributed by atoms with van der Waals surface area (Å²) in [7, 11) is 2.75. The maximum Gasteiger partial charge on any atom is 0.414 e. The van der Waals surface area contributed by atoms with Crippen LogP contribution in [0.5, 0.6) is 5.75 Å². The fourth-order valence-corrected chi connectivity index (χ4v) is 9.21. The highest BCUT2D eigenvalue weighted by molar-refractivity contribution is 5.90. The Morgan fingerprint density at radius 1 is 0.521 bits per heavy atom. The van der Waals surface area contributed by atoms with Crippen molar-refractivity contribution in [2.45, 2.75) is 287 Å². The van der Waals surface area contributed by atoms with Crippen molar-refractivity contribution < 1.29 is 104 Å². The van der Waals surface area contributed by atoms with E-state index >= 15 is 0 Å². The zero-order chi connectivity index (χ0) is 93.1. The third-order valence-electron chi connectivity index (χ3n) is 14.7. The molecule has 21 nitrogen and oxygen atoms in total. The molecule has 1 aromatic heterocycles. The van der Waals surface area contributed by atoms with E-state index in [-0.39, 0.29) is 78.2 Å². The van der Waals surface area contributed by atoms with Crippen LogP contribution in [-0.2, 0) is 65.5 Å². The number of esters is 4. The minimum Gasteiger partial charge on any atom is -0.487 e. The van der Waals surface area contributed by atoms with E-state index in [0.717, 1.165) is 49.4 Å². The Bertz CT molecular complexity index is 3190. The molecular weight excluding hydrogens is 1550 g/mol. The number of aromatic nitrogens is 1. The van der Waals surface area contributed by atoms with E-state index in [1.54, 1.807) is 45.1 Å². The first kappa shape index (κ1) is 122. The molecule has 0 radical (unpaired) electrons. The summed E-state index contributed by atoms with van der Waals surface area (Å²) in [6.45, 7) is 51.0. The standard InChI is InChI=1S/C18H21NO3.C11H15NO.C10H14O.C9H17NO.C8H16O2.C7H12F3NO.C7H14O2.C6H11F3O.C6H12O2.C5H11NO.C5H12O/c1-13(2)11-14-7-9-16(10-8-14)22-12-15-5-4-6-17(19-15)18(20)21-3;1-9(2)8-11(13)12-10-6-4-3-5-7-10;1-8(2)10(11)9-6-4-3-5-7-9;1-8(2)7-9(11)10-5-3-4-6-10;1-6(2)5-8(9)10-7(3)4;1-5(2)3-6(12)11-4-7(8,9)10;1-4-9-7(8)5-6(2)3;1-4(2)3-5(10)6(7,8)9;1-5(2)4-6(7)8-3;1-4(2)3-5(6)7;1-5(2)3-4-6/h4-10,13H,11-12H2,1-3H3;3-7,9H,8H2,1-2H3,(H,12,13);3-8,10-11H,1-2H3;8H,3-7H2,1-2H3;6-7H,5H2,1-4H3;5H,3-4H2,1-2H3,(H,11,12);6H,4-5H2,1-3H3;4-5,10H,3H2,1-2H3;5H,4H2,1-3H3;4H,3H2,1-2H3,(H2,6,7);5-6H,3-4H2,1-2H3. The maximum absolute atomic E-state index is 11.6. The topological polar surface area (TPSA) is 310 Å². The van der Waals surface area contributed by atoms with E-state index < -0.39 is 36.9 Å². The number of nitrogens with two attached hydrogens (primary N) is 1. The number of carbonyl (C=O) groups excluding carboxylic acids is 8. The number of anilines is 1. The van der Waals surface area contributed by atoms with Gasteiger partial charge in [0.15, 0.2) is 0 Å². The van der Waals surface area contributed by atoms with Crippen molar-refractivity contribution in [3.8, 4) is 5.75 Å². The lowest BCUT2D eigenvalue weighted by Gasteiger charge is -2.16. The van der Waals surface area contributed by atoms with Gasteiger partial charge in [0, 0.05) is 70.3 Å². The third-order valence-corrected chi connectivity index (χ3v) is 14.7. The SMILES string of the molecule is CC(C)C(O)c1ccccc1.CC(C)CC(=O)N1CCCC1.CC(C)CC(=O)NCC(F)(F)F.CC(C)CC(=O)Nc1ccccc1.CC(C)CC(=O)OC(C)C.CC(C)CC(N)=O.CC(C)CC(O)C(F)(F)F.CC(C)CCO.CCOC(=O)CC(C)C.COC(=O)CC(C)C.COC(=O)c1cccc(COc2ccc(CC(C)C)cc2)n1. The van der Waals surface area contributed by atoms with Crippen molar-refractivity contribution >= 4 is 53.2 Å². The minimum absolute atomic E-state index is 0.0197. The van der Waals surface area contributed by atoms with Crippen molar-refractivity contribution in [2.24, 2.45) is 70.8 Å². The summed E-state index contributed by atoms with van der Waals surface area (Å²) in [5, 5.41) is 30.9. The molecule has 5 rings (SSSR count). The minimum atomic E-state index is -4.45. The number of nitrogens with zero attached hydrogens (tertiary/aromatic N) is 2. The number of carbonyl (C=O) groups is 8. The molecule has 4 amide bonds. The zero-order valence-corrected chi connectivity index (χ0v) is 77.0. The Morgan fingerprint density at radius 2 is 0.983 bits per heavy atom. The molecule has 27 heteroatoms. The Kier molecular flexibility index (Phi) is 74.2. The van der Waals surface area contributed by atoms with Crippen molar-refractivity contribution in [2.75, 3.05) is 52.4 Å². The van der Waals surface area contributed by atoms with Crippen LogP contribution in [0.4, 0.5) is 32.0 Å². The molecule has 1 saturated heterocycles. The number of aliphatic hydroxyl groups is 3. The number of halogens is 6. The van der Waals surface area contributed by atoms with Gasteiger partial charge in [0.2, 0.25) is 23.6 Å². The number of hydrogen-bond donors (Lipinski definition) is 6. The van der Waals surface area contributed by atoms with Gasteiger partial charge in [-0.2, -0.15) is 26.3 Å². The van der Waals surface area contributed by atoms with Crippen LogP contribution >= 0.6 is 0 Å². The lowest BCUT2D eigenvalue weighted by molar-refractivity contribution is -0.207. The van der Waals surface area contributed by atoms with Crippen LogP contribution in [-0.4, -0.2) is 144 Å². The van der Waals surface area contributed by atoms with Crippen LogP contribution in [0.1, 0.15) is 277 Å². The van der Waals surface area contributed by atoms with Gasteiger partial charge >= 0.3 is 36.2 Å². The smallest absolute Gasteiger partial charge is 0.414 e. The summed E-state index contributed by atoms with van der Waals surface area (Å²) >= 11 is 0. The first-order chi connectivity index (χ1) is 55.1. The lowest BCUT2D eigenvalue weighted by atomic mass is 10.00. The van der Waals surface area contributed by atoms with Gasteiger partial charge in [0.05, 0.1) is 38.7 Å². The van der Waals surface area contributed by atoms with Gasteiger partial charge in [0.25, 0.3) is 0 Å². The van der Waals surface area contributed by atoms with Crippen molar-refractivity contribution in [3.05, 3.63) is 126 Å². The Balaban J connectivity index is -0.000000301. The number of likely N-dealkylation sites (tertiary alicyclic amines) is 1. The maximum atomic E-state index is 11.6. The van der Waals surface area contributed by atoms with Crippen LogP contribution < -0.4 is 21.1 Å². The summed E-state index contributed by atoms with van der Waals surface area (Å²) in [6.07, 6.45) is -3.54. The number of primary amides is 1. The molecule has 4 aromatic rings. The molecule has 686 valence electrons. The van der Waals surface area contributed by atoms with Gasteiger partial charge in [0.1, 0.15) is 30.7 Å². The highest BCUT2D eigenvalue weighted by Gasteiger charge is 2.38. The van der Waals surface area contributed by atoms with Gasteiger partial charge < -0.3 is 60.3 Å². The van der Waals surface area contributed by atoms with Gasteiger partial charge in [-0.15, -0.1) is 0 Å². The number of aliphatic hydroxyl groups excluding tert-OH is 3. The van der Waals surface area contributed by atoms with Crippen molar-refractivity contribution in [3.63, 3.8) is 0 Å². The van der Waals surface area contributed by atoms with Crippen molar-refractivity contribution in [1.82, 2.24) is 15.2 Å². The van der Waals surface area contributed by atoms with Gasteiger partial charge in [-0.3, -0.25) is 33.6 Å². The first-order valence-electron chi connectivity index (χ1n) is 41.6. The number of alkyl halides is 6. The van der Waals surface area contributed by atoms with Gasteiger partial charge in [-0.25, -0.2) is 9.78 Å². The fourth-order valence-electron chi connectivity index (χ4n) is 9.21. The molecule has 0 aliphatic carbocycles. The average Bonchev–Trinajstić information content (AvgIpc) is 1.49. The predicted octanol–water partition coefficient (Wildman–Crippen LogP) is 20.3. The molecule has 3 aromatic carbocycles. The number of amides is 4. The van der Waals surface area contributed by atoms with Crippen LogP contribution in [0.3, 0.4) is 0 Å². The summed E-state index contributed by atoms with van der Waals surface area (Å²) in [5.41, 5.74) is 9.00. The average molecular weight is 1700 g/mol. The number of methoxy groups -OCH3 is 2. The Morgan fingerprint density at radius 3 is 1.34 bits per heavy atom. The lowest BCUT2D eigenvalue weighted by Crippen LogP contribution is -2.34. The van der Waals surface area contributed by atoms with E-state index in [1.165, 1.54) is 32.6 Å². The number of rotatable bonds is 30. The molecule has 1 fully saturated rings. The van der Waals surface area contributed by atoms with Gasteiger partial charge in [-0.1, -0.05) is 219 Å². The quantitative estimate of drug-likeness (QED) is 0.0161. The fraction of sp³-hybridized carbons (Fsp3) is 0.663. The number of ether oxygens (including phenoxy) is 5. The molecule has 2 unspecified atom stereocenters. The zero-order valence-electron chi connectivity index (χ0n) is 77.0. The molecule has 0 saturated carbocycles. The van der Waals surface area contributed by atoms with E-state index in [1.807, 2.05) is 188 Å². The summed E-state index contributed by atoms with van der Waals surface area (Å²) in [4.78, 5) is 92.9. The molecule has 1 aliphatic rings. The van der Waals surface area contributed by atoms with Crippen LogP contribution in [0, 0.1) is 65.1 Å². The number of pyridine rings is 1. The van der Waals surface area contributed by atoms with Crippen LogP contribution in [0.15, 0.2) is 103 Å². The van der Waals surface area contributed by atoms with E-state index in [9.17, 15) is 69.8 Å². The summed E-state index contributed by atoms with van der Waals surface area (Å²) < 4.78 is 93.7. The summed E-state index contributed by atoms with van der Waals surface area (Å²) in [5.74, 6) is 3.74. The highest BCUT2D eigenvalue weighted by Crippen LogP contribution is 2.25. The molecule has 1 aliphatic heterocycles. The third kappa shape index (κ3) is 86.0. The normalized spacial score (nSPS) is 11.8. The summed E-state index contributed by atoms with van der Waals surface area (Å²) in [6, 6.07) is 32.5. The van der Waals surface area contributed by atoms with E-state index in [2.05, 4.69) is 73.4 Å². The highest BCUT2D eigenvalue weighted by atomic mass is 19.4. The molecule has 7 N–H and O–H groups in total.